The maximum atomic E-state index is 9.61. The topological polar surface area (TPSA) is 23.5 Å². The van der Waals surface area contributed by atoms with Crippen LogP contribution in [0.1, 0.15) is 44.2 Å². The highest BCUT2D eigenvalue weighted by Crippen LogP contribution is 2.29. The van der Waals surface area contributed by atoms with Gasteiger partial charge in [-0.2, -0.15) is 0 Å². The molecule has 0 aromatic heterocycles. The number of benzene rings is 1. The molecule has 1 heterocycles. The summed E-state index contributed by atoms with van der Waals surface area (Å²) in [5.74, 6) is 0.433. The Labute approximate surface area is 128 Å². The van der Waals surface area contributed by atoms with E-state index in [9.17, 15) is 5.11 Å². The number of nitrogens with zero attached hydrogens (tertiary/aromatic N) is 1. The Kier molecular flexibility index (Phi) is 5.49. The second-order valence-corrected chi connectivity index (χ2v) is 5.63. The molecule has 0 saturated heterocycles. The summed E-state index contributed by atoms with van der Waals surface area (Å²) >= 11 is 0. The van der Waals surface area contributed by atoms with Crippen LogP contribution >= 0.6 is 0 Å². The SMILES string of the molecule is CC.Cc1ccc2c(c1)CCCN2CC1=CC(O)=CCC1. The molecule has 0 amide bonds. The van der Waals surface area contributed by atoms with Crippen LogP contribution in [0.3, 0.4) is 0 Å². The van der Waals surface area contributed by atoms with E-state index >= 15 is 0 Å². The molecule has 1 N–H and O–H groups in total. The molecule has 0 atom stereocenters. The van der Waals surface area contributed by atoms with Crippen molar-refractivity contribution < 1.29 is 5.11 Å². The van der Waals surface area contributed by atoms with Crippen molar-refractivity contribution in [1.29, 1.82) is 0 Å². The molecule has 0 unspecified atom stereocenters. The number of aliphatic hydroxyl groups excluding tert-OH is 1. The largest absolute Gasteiger partial charge is 0.508 e. The highest BCUT2D eigenvalue weighted by atomic mass is 16.3. The lowest BCUT2D eigenvalue weighted by Gasteiger charge is -2.32. The van der Waals surface area contributed by atoms with Gasteiger partial charge in [0.1, 0.15) is 5.76 Å². The van der Waals surface area contributed by atoms with Crippen LogP contribution in [0.15, 0.2) is 41.7 Å². The molecule has 2 nitrogen and oxygen atoms in total. The maximum Gasteiger partial charge on any atom is 0.111 e. The van der Waals surface area contributed by atoms with Crippen LogP contribution in [0.5, 0.6) is 0 Å². The molecule has 0 bridgehead atoms. The normalized spacial score (nSPS) is 17.2. The van der Waals surface area contributed by atoms with Crippen molar-refractivity contribution >= 4 is 5.69 Å². The molecule has 2 heteroatoms. The van der Waals surface area contributed by atoms with Crippen molar-refractivity contribution in [3.05, 3.63) is 52.8 Å². The predicted octanol–water partition coefficient (Wildman–Crippen LogP) is 4.94. The van der Waals surface area contributed by atoms with E-state index in [-0.39, 0.29) is 0 Å². The van der Waals surface area contributed by atoms with E-state index in [1.807, 2.05) is 26.0 Å². The van der Waals surface area contributed by atoms with Crippen molar-refractivity contribution in [2.45, 2.75) is 46.5 Å². The van der Waals surface area contributed by atoms with Gasteiger partial charge in [-0.15, -0.1) is 0 Å². The van der Waals surface area contributed by atoms with Crippen LogP contribution in [-0.2, 0) is 6.42 Å². The van der Waals surface area contributed by atoms with E-state index in [2.05, 4.69) is 30.0 Å². The standard InChI is InChI=1S/C17H21NO.C2H6/c1-13-7-8-17-15(10-13)5-3-9-18(17)12-14-4-2-6-16(19)11-14;1-2/h6-8,10-11,19H,2-5,9,12H2,1H3;1-2H3. The van der Waals surface area contributed by atoms with E-state index in [1.54, 1.807) is 0 Å². The van der Waals surface area contributed by atoms with Crippen LogP contribution < -0.4 is 4.90 Å². The molecule has 2 aliphatic rings. The van der Waals surface area contributed by atoms with Crippen LogP contribution in [-0.4, -0.2) is 18.2 Å². The fraction of sp³-hybridized carbons (Fsp3) is 0.474. The summed E-state index contributed by atoms with van der Waals surface area (Å²) in [6.07, 6.45) is 8.29. The number of allylic oxidation sites excluding steroid dienone is 2. The molecule has 1 aliphatic heterocycles. The van der Waals surface area contributed by atoms with E-state index in [0.29, 0.717) is 5.76 Å². The molecule has 1 aliphatic carbocycles. The van der Waals surface area contributed by atoms with Crippen molar-refractivity contribution in [3.8, 4) is 0 Å². The van der Waals surface area contributed by atoms with Gasteiger partial charge in [-0.25, -0.2) is 0 Å². The van der Waals surface area contributed by atoms with Crippen molar-refractivity contribution in [2.24, 2.45) is 0 Å². The van der Waals surface area contributed by atoms with Gasteiger partial charge in [-0.05, 0) is 62.0 Å². The van der Waals surface area contributed by atoms with Gasteiger partial charge in [0.15, 0.2) is 0 Å². The molecular weight excluding hydrogens is 258 g/mol. The molecule has 0 fully saturated rings. The zero-order chi connectivity index (χ0) is 15.2. The summed E-state index contributed by atoms with van der Waals surface area (Å²) in [5, 5.41) is 9.61. The quantitative estimate of drug-likeness (QED) is 0.832. The second-order valence-electron chi connectivity index (χ2n) is 5.63. The Hall–Kier alpha value is -1.70. The third-order valence-electron chi connectivity index (χ3n) is 4.01. The number of hydrogen-bond acceptors (Lipinski definition) is 2. The Bertz CT molecular complexity index is 542. The van der Waals surface area contributed by atoms with Crippen molar-refractivity contribution in [3.63, 3.8) is 0 Å². The number of hydrogen-bond donors (Lipinski definition) is 1. The fourth-order valence-corrected chi connectivity index (χ4v) is 3.08. The molecule has 1 aromatic rings. The molecule has 0 spiro atoms. The summed E-state index contributed by atoms with van der Waals surface area (Å²) in [6, 6.07) is 6.76. The van der Waals surface area contributed by atoms with Gasteiger partial charge < -0.3 is 10.0 Å². The molecule has 0 saturated carbocycles. The van der Waals surface area contributed by atoms with Gasteiger partial charge in [-0.3, -0.25) is 0 Å². The van der Waals surface area contributed by atoms with Gasteiger partial charge >= 0.3 is 0 Å². The minimum absolute atomic E-state index is 0.433. The first-order valence-corrected chi connectivity index (χ1v) is 8.15. The predicted molar refractivity (Wildman–Crippen MR) is 91.1 cm³/mol. The van der Waals surface area contributed by atoms with Crippen LogP contribution in [0.25, 0.3) is 0 Å². The molecule has 21 heavy (non-hydrogen) atoms. The van der Waals surface area contributed by atoms with E-state index < -0.39 is 0 Å². The average molecular weight is 285 g/mol. The van der Waals surface area contributed by atoms with Crippen molar-refractivity contribution in [2.75, 3.05) is 18.0 Å². The Balaban J connectivity index is 0.000000774. The summed E-state index contributed by atoms with van der Waals surface area (Å²) in [5.41, 5.74) is 5.54. The molecule has 3 rings (SSSR count). The maximum absolute atomic E-state index is 9.61. The monoisotopic (exact) mass is 285 g/mol. The lowest BCUT2D eigenvalue weighted by Crippen LogP contribution is -2.31. The van der Waals surface area contributed by atoms with Gasteiger partial charge in [0, 0.05) is 18.8 Å². The molecular formula is C19H27NO. The fourth-order valence-electron chi connectivity index (χ4n) is 3.08. The van der Waals surface area contributed by atoms with Crippen LogP contribution in [0, 0.1) is 6.92 Å². The number of aryl methyl sites for hydroxylation is 2. The Morgan fingerprint density at radius 1 is 1.19 bits per heavy atom. The zero-order valence-electron chi connectivity index (χ0n) is 13.5. The first-order chi connectivity index (χ1) is 10.2. The Morgan fingerprint density at radius 3 is 2.76 bits per heavy atom. The smallest absolute Gasteiger partial charge is 0.111 e. The number of fused-ring (bicyclic) bond motifs is 1. The van der Waals surface area contributed by atoms with Gasteiger partial charge in [0.2, 0.25) is 0 Å². The zero-order valence-corrected chi connectivity index (χ0v) is 13.5. The molecule has 114 valence electrons. The van der Waals surface area contributed by atoms with E-state index in [4.69, 9.17) is 0 Å². The third kappa shape index (κ3) is 3.90. The first kappa shape index (κ1) is 15.7. The number of anilines is 1. The average Bonchev–Trinajstić information content (AvgIpc) is 2.49. The second kappa shape index (κ2) is 7.35. The summed E-state index contributed by atoms with van der Waals surface area (Å²) in [7, 11) is 0. The number of rotatable bonds is 2. The highest BCUT2D eigenvalue weighted by Gasteiger charge is 2.18. The van der Waals surface area contributed by atoms with E-state index in [1.165, 1.54) is 35.2 Å². The third-order valence-corrected chi connectivity index (χ3v) is 4.01. The summed E-state index contributed by atoms with van der Waals surface area (Å²) < 4.78 is 0. The van der Waals surface area contributed by atoms with Crippen molar-refractivity contribution in [1.82, 2.24) is 0 Å². The van der Waals surface area contributed by atoms with Gasteiger partial charge in [-0.1, -0.05) is 31.5 Å². The first-order valence-electron chi connectivity index (χ1n) is 8.15. The lowest BCUT2D eigenvalue weighted by atomic mass is 9.97. The van der Waals surface area contributed by atoms with Gasteiger partial charge in [0.05, 0.1) is 0 Å². The van der Waals surface area contributed by atoms with Crippen LogP contribution in [0.4, 0.5) is 5.69 Å². The van der Waals surface area contributed by atoms with Crippen LogP contribution in [0.2, 0.25) is 0 Å². The number of aliphatic hydroxyl groups is 1. The summed E-state index contributed by atoms with van der Waals surface area (Å²) in [4.78, 5) is 2.46. The Morgan fingerprint density at radius 2 is 2.00 bits per heavy atom. The minimum atomic E-state index is 0.433. The molecule has 1 aromatic carbocycles. The minimum Gasteiger partial charge on any atom is -0.508 e. The summed E-state index contributed by atoms with van der Waals surface area (Å²) in [6.45, 7) is 8.23. The lowest BCUT2D eigenvalue weighted by molar-refractivity contribution is 0.425. The van der Waals surface area contributed by atoms with Gasteiger partial charge in [0.25, 0.3) is 0 Å². The highest BCUT2D eigenvalue weighted by molar-refractivity contribution is 5.57. The van der Waals surface area contributed by atoms with E-state index in [0.717, 1.165) is 25.9 Å². The molecule has 0 radical (unpaired) electrons.